The third kappa shape index (κ3) is 4.66. The molecule has 1 amide bonds. The molecule has 0 spiro atoms. The van der Waals surface area contributed by atoms with Crippen LogP contribution in [0.3, 0.4) is 0 Å². The van der Waals surface area contributed by atoms with E-state index in [1.807, 2.05) is 19.1 Å². The van der Waals surface area contributed by atoms with Crippen molar-refractivity contribution < 1.29 is 9.53 Å². The number of anilines is 2. The molecule has 0 unspecified atom stereocenters. The second-order valence-corrected chi connectivity index (χ2v) is 5.10. The van der Waals surface area contributed by atoms with Gasteiger partial charge in [-0.2, -0.15) is 0 Å². The number of nitrogen functional groups attached to an aromatic ring is 1. The fraction of sp³-hybridized carbons (Fsp3) is 0.462. The number of aryl methyl sites for hydroxylation is 1. The van der Waals surface area contributed by atoms with Crippen molar-refractivity contribution >= 4 is 33.2 Å². The highest BCUT2D eigenvalue weighted by atomic mass is 79.9. The molecule has 0 heterocycles. The lowest BCUT2D eigenvalue weighted by molar-refractivity contribution is -0.116. The normalized spacial score (nSPS) is 10.4. The van der Waals surface area contributed by atoms with Crippen molar-refractivity contribution in [2.75, 3.05) is 24.8 Å². The largest absolute Gasteiger partial charge is 0.397 e. The minimum Gasteiger partial charge on any atom is -0.397 e. The quantitative estimate of drug-likeness (QED) is 0.626. The summed E-state index contributed by atoms with van der Waals surface area (Å²) in [5, 5.41) is 2.83. The predicted octanol–water partition coefficient (Wildman–Crippen LogP) is 3.09. The number of carbonyl (C=O) groups excluding carboxylic acids is 1. The predicted molar refractivity (Wildman–Crippen MR) is 77.6 cm³/mol. The minimum atomic E-state index is -0.0182. The van der Waals surface area contributed by atoms with Gasteiger partial charge in [0.05, 0.1) is 11.4 Å². The number of amides is 1. The van der Waals surface area contributed by atoms with E-state index in [4.69, 9.17) is 10.5 Å². The lowest BCUT2D eigenvalue weighted by Crippen LogP contribution is -2.13. The molecule has 0 fully saturated rings. The lowest BCUT2D eigenvalue weighted by Gasteiger charge is -2.11. The summed E-state index contributed by atoms with van der Waals surface area (Å²) in [5.74, 6) is -0.0182. The van der Waals surface area contributed by atoms with Gasteiger partial charge in [0.2, 0.25) is 5.91 Å². The second-order valence-electron chi connectivity index (χ2n) is 4.18. The van der Waals surface area contributed by atoms with E-state index >= 15 is 0 Å². The highest BCUT2D eigenvalue weighted by molar-refractivity contribution is 9.10. The van der Waals surface area contributed by atoms with E-state index < -0.39 is 0 Å². The van der Waals surface area contributed by atoms with E-state index in [0.29, 0.717) is 24.4 Å². The summed E-state index contributed by atoms with van der Waals surface area (Å²) in [7, 11) is 1.66. The molecule has 0 bridgehead atoms. The Bertz CT molecular complexity index is 422. The third-order valence-corrected chi connectivity index (χ3v) is 3.09. The molecule has 4 nitrogen and oxygen atoms in total. The zero-order chi connectivity index (χ0) is 13.5. The Morgan fingerprint density at radius 2 is 2.17 bits per heavy atom. The minimum absolute atomic E-state index is 0.0182. The molecule has 0 saturated heterocycles. The molecule has 0 aliphatic rings. The maximum atomic E-state index is 11.7. The molecule has 18 heavy (non-hydrogen) atoms. The fourth-order valence-corrected chi connectivity index (χ4v) is 2.17. The molecule has 0 radical (unpaired) electrons. The smallest absolute Gasteiger partial charge is 0.224 e. The number of nitrogens with two attached hydrogens (primary N) is 1. The van der Waals surface area contributed by atoms with Gasteiger partial charge in [0.1, 0.15) is 0 Å². The fourth-order valence-electron chi connectivity index (χ4n) is 1.60. The zero-order valence-electron chi connectivity index (χ0n) is 10.8. The van der Waals surface area contributed by atoms with Crippen LogP contribution in [0.4, 0.5) is 11.4 Å². The number of unbranched alkanes of at least 4 members (excludes halogenated alkanes) is 1. The number of methoxy groups -OCH3 is 1. The molecular weight excluding hydrogens is 296 g/mol. The van der Waals surface area contributed by atoms with Crippen LogP contribution in [-0.2, 0) is 9.53 Å². The van der Waals surface area contributed by atoms with Gasteiger partial charge in [-0.1, -0.05) is 15.9 Å². The zero-order valence-corrected chi connectivity index (χ0v) is 12.3. The lowest BCUT2D eigenvalue weighted by atomic mass is 10.1. The summed E-state index contributed by atoms with van der Waals surface area (Å²) in [6.45, 7) is 2.60. The molecule has 0 aliphatic heterocycles. The van der Waals surface area contributed by atoms with Gasteiger partial charge in [0.15, 0.2) is 0 Å². The van der Waals surface area contributed by atoms with Gasteiger partial charge in [-0.05, 0) is 37.5 Å². The van der Waals surface area contributed by atoms with E-state index in [-0.39, 0.29) is 5.91 Å². The topological polar surface area (TPSA) is 64.3 Å². The molecule has 1 aromatic carbocycles. The Morgan fingerprint density at radius 1 is 1.44 bits per heavy atom. The molecule has 100 valence electrons. The van der Waals surface area contributed by atoms with Crippen LogP contribution in [-0.4, -0.2) is 19.6 Å². The number of benzene rings is 1. The first-order chi connectivity index (χ1) is 8.54. The molecule has 3 N–H and O–H groups in total. The average Bonchev–Trinajstić information content (AvgIpc) is 2.31. The number of hydrogen-bond donors (Lipinski definition) is 2. The van der Waals surface area contributed by atoms with Crippen LogP contribution in [0, 0.1) is 6.92 Å². The number of nitrogens with one attached hydrogen (secondary N) is 1. The number of carbonyl (C=O) groups is 1. The second kappa shape index (κ2) is 7.38. The van der Waals surface area contributed by atoms with Crippen LogP contribution in [0.5, 0.6) is 0 Å². The SMILES string of the molecule is COCCCCC(=O)Nc1cc(Br)cc(C)c1N. The monoisotopic (exact) mass is 314 g/mol. The van der Waals surface area contributed by atoms with Gasteiger partial charge in [-0.25, -0.2) is 0 Å². The standard InChI is InChI=1S/C13H19BrN2O2/c1-9-7-10(14)8-11(13(9)15)16-12(17)5-3-4-6-18-2/h7-8H,3-6,15H2,1-2H3,(H,16,17). The Hall–Kier alpha value is -1.07. The van der Waals surface area contributed by atoms with Crippen molar-refractivity contribution in [1.29, 1.82) is 0 Å². The highest BCUT2D eigenvalue weighted by Gasteiger charge is 2.08. The first-order valence-electron chi connectivity index (χ1n) is 5.89. The summed E-state index contributed by atoms with van der Waals surface area (Å²) in [5.41, 5.74) is 8.14. The Labute approximate surface area is 116 Å². The summed E-state index contributed by atoms with van der Waals surface area (Å²) in [6.07, 6.45) is 2.18. The van der Waals surface area contributed by atoms with Crippen molar-refractivity contribution in [2.24, 2.45) is 0 Å². The molecule has 0 saturated carbocycles. The maximum Gasteiger partial charge on any atom is 0.224 e. The molecule has 1 aromatic rings. The van der Waals surface area contributed by atoms with E-state index in [2.05, 4.69) is 21.2 Å². The van der Waals surface area contributed by atoms with Gasteiger partial charge in [-0.15, -0.1) is 0 Å². The third-order valence-electron chi connectivity index (χ3n) is 2.63. The van der Waals surface area contributed by atoms with Crippen LogP contribution in [0.25, 0.3) is 0 Å². The molecule has 1 rings (SSSR count). The molecular formula is C13H19BrN2O2. The molecule has 0 atom stereocenters. The van der Waals surface area contributed by atoms with Crippen molar-refractivity contribution in [1.82, 2.24) is 0 Å². The van der Waals surface area contributed by atoms with Crippen molar-refractivity contribution in [2.45, 2.75) is 26.2 Å². The van der Waals surface area contributed by atoms with Crippen LogP contribution in [0.2, 0.25) is 0 Å². The number of halogens is 1. The number of rotatable bonds is 6. The van der Waals surface area contributed by atoms with E-state index in [1.54, 1.807) is 7.11 Å². The van der Waals surface area contributed by atoms with Gasteiger partial charge < -0.3 is 15.8 Å². The van der Waals surface area contributed by atoms with E-state index in [9.17, 15) is 4.79 Å². The first-order valence-corrected chi connectivity index (χ1v) is 6.68. The van der Waals surface area contributed by atoms with E-state index in [1.165, 1.54) is 0 Å². The maximum absolute atomic E-state index is 11.7. The van der Waals surface area contributed by atoms with Crippen molar-refractivity contribution in [3.63, 3.8) is 0 Å². The van der Waals surface area contributed by atoms with Crippen LogP contribution >= 0.6 is 15.9 Å². The summed E-state index contributed by atoms with van der Waals surface area (Å²) in [4.78, 5) is 11.7. The van der Waals surface area contributed by atoms with Gasteiger partial charge in [0.25, 0.3) is 0 Å². The Morgan fingerprint density at radius 3 is 2.83 bits per heavy atom. The summed E-state index contributed by atoms with van der Waals surface area (Å²) < 4.78 is 5.84. The van der Waals surface area contributed by atoms with Gasteiger partial charge in [-0.3, -0.25) is 4.79 Å². The van der Waals surface area contributed by atoms with Crippen LogP contribution < -0.4 is 11.1 Å². The molecule has 5 heteroatoms. The van der Waals surface area contributed by atoms with Crippen molar-refractivity contribution in [3.05, 3.63) is 22.2 Å². The number of hydrogen-bond acceptors (Lipinski definition) is 3. The molecule has 0 aliphatic carbocycles. The first kappa shape index (κ1) is 15.0. The highest BCUT2D eigenvalue weighted by Crippen LogP contribution is 2.27. The number of ether oxygens (including phenoxy) is 1. The average molecular weight is 315 g/mol. The Kier molecular flexibility index (Phi) is 6.15. The van der Waals surface area contributed by atoms with Crippen LogP contribution in [0.1, 0.15) is 24.8 Å². The van der Waals surface area contributed by atoms with Crippen LogP contribution in [0.15, 0.2) is 16.6 Å². The summed E-state index contributed by atoms with van der Waals surface area (Å²) in [6, 6.07) is 3.74. The summed E-state index contributed by atoms with van der Waals surface area (Å²) >= 11 is 3.39. The Balaban J connectivity index is 2.54. The van der Waals surface area contributed by atoms with E-state index in [0.717, 1.165) is 22.9 Å². The van der Waals surface area contributed by atoms with Gasteiger partial charge in [0, 0.05) is 24.6 Å². The molecule has 0 aromatic heterocycles. The van der Waals surface area contributed by atoms with Crippen molar-refractivity contribution in [3.8, 4) is 0 Å². The van der Waals surface area contributed by atoms with Gasteiger partial charge >= 0.3 is 0 Å².